The number of hydrogen-bond donors (Lipinski definition) is 1. The van der Waals surface area contributed by atoms with Crippen LogP contribution in [0.15, 0.2) is 18.2 Å². The van der Waals surface area contributed by atoms with Crippen LogP contribution in [0.2, 0.25) is 0 Å². The predicted octanol–water partition coefficient (Wildman–Crippen LogP) is 2.97. The molecule has 1 saturated heterocycles. The normalized spacial score (nSPS) is 22.6. The van der Waals surface area contributed by atoms with Crippen LogP contribution in [0, 0.1) is 11.7 Å². The van der Waals surface area contributed by atoms with Crippen molar-refractivity contribution in [3.05, 3.63) is 29.6 Å². The maximum atomic E-state index is 13.3. The van der Waals surface area contributed by atoms with Crippen LogP contribution in [-0.2, 0) is 6.42 Å². The molecular formula is C16H23FN2. The van der Waals surface area contributed by atoms with Crippen LogP contribution < -0.4 is 10.2 Å². The number of nitrogens with zero attached hydrogens (tertiary/aromatic N) is 1. The molecule has 0 aliphatic carbocycles. The maximum Gasteiger partial charge on any atom is 0.125 e. The van der Waals surface area contributed by atoms with Crippen molar-refractivity contribution in [2.24, 2.45) is 5.92 Å². The summed E-state index contributed by atoms with van der Waals surface area (Å²) in [5, 5.41) is 3.47. The summed E-state index contributed by atoms with van der Waals surface area (Å²) in [4.78, 5) is 2.36. The second-order valence-corrected chi connectivity index (χ2v) is 5.86. The molecule has 1 atom stereocenters. The summed E-state index contributed by atoms with van der Waals surface area (Å²) in [5.41, 5.74) is 2.43. The van der Waals surface area contributed by atoms with Crippen molar-refractivity contribution in [1.29, 1.82) is 0 Å². The van der Waals surface area contributed by atoms with Gasteiger partial charge in [-0.05, 0) is 68.8 Å². The van der Waals surface area contributed by atoms with Gasteiger partial charge < -0.3 is 10.2 Å². The maximum absolute atomic E-state index is 13.3. The Morgan fingerprint density at radius 2 is 2.32 bits per heavy atom. The van der Waals surface area contributed by atoms with Crippen molar-refractivity contribution in [3.8, 4) is 0 Å². The minimum Gasteiger partial charge on any atom is -0.371 e. The van der Waals surface area contributed by atoms with Crippen molar-refractivity contribution >= 4 is 5.69 Å². The summed E-state index contributed by atoms with van der Waals surface area (Å²) in [6, 6.07) is 5.22. The highest BCUT2D eigenvalue weighted by Crippen LogP contribution is 2.29. The number of nitrogens with one attached hydrogen (secondary N) is 1. The van der Waals surface area contributed by atoms with Gasteiger partial charge in [0.15, 0.2) is 0 Å². The van der Waals surface area contributed by atoms with E-state index in [4.69, 9.17) is 0 Å². The Kier molecular flexibility index (Phi) is 4.02. The number of halogens is 1. The molecule has 104 valence electrons. The van der Waals surface area contributed by atoms with Gasteiger partial charge in [0.1, 0.15) is 5.82 Å². The molecule has 0 bridgehead atoms. The number of anilines is 1. The molecule has 0 aromatic heterocycles. The van der Waals surface area contributed by atoms with E-state index in [2.05, 4.69) is 10.2 Å². The minimum atomic E-state index is -0.109. The van der Waals surface area contributed by atoms with Gasteiger partial charge in [-0.1, -0.05) is 6.07 Å². The molecule has 1 fully saturated rings. The lowest BCUT2D eigenvalue weighted by Gasteiger charge is -2.24. The van der Waals surface area contributed by atoms with Gasteiger partial charge >= 0.3 is 0 Å². The van der Waals surface area contributed by atoms with Gasteiger partial charge in [0.25, 0.3) is 0 Å². The Morgan fingerprint density at radius 3 is 3.16 bits per heavy atom. The van der Waals surface area contributed by atoms with Crippen LogP contribution in [0.25, 0.3) is 0 Å². The summed E-state index contributed by atoms with van der Waals surface area (Å²) >= 11 is 0. The second kappa shape index (κ2) is 5.91. The highest BCUT2D eigenvalue weighted by Gasteiger charge is 2.20. The van der Waals surface area contributed by atoms with Crippen LogP contribution in [0.4, 0.5) is 10.1 Å². The third kappa shape index (κ3) is 3.08. The van der Waals surface area contributed by atoms with E-state index in [1.54, 1.807) is 12.1 Å². The largest absolute Gasteiger partial charge is 0.371 e. The Labute approximate surface area is 115 Å². The third-order valence-electron chi connectivity index (χ3n) is 4.48. The van der Waals surface area contributed by atoms with E-state index in [-0.39, 0.29) is 5.82 Å². The van der Waals surface area contributed by atoms with E-state index in [1.165, 1.54) is 44.3 Å². The SMILES string of the molecule is Fc1ccc2c(c1)N(CCCC1CCCNC1)CC2. The molecule has 19 heavy (non-hydrogen) atoms. The van der Waals surface area contributed by atoms with Gasteiger partial charge in [-0.3, -0.25) is 0 Å². The first-order chi connectivity index (χ1) is 9.33. The Morgan fingerprint density at radius 1 is 1.37 bits per heavy atom. The van der Waals surface area contributed by atoms with E-state index in [0.29, 0.717) is 0 Å². The van der Waals surface area contributed by atoms with Crippen molar-refractivity contribution in [2.45, 2.75) is 32.1 Å². The van der Waals surface area contributed by atoms with Crippen molar-refractivity contribution < 1.29 is 4.39 Å². The highest BCUT2D eigenvalue weighted by molar-refractivity contribution is 5.58. The van der Waals surface area contributed by atoms with Gasteiger partial charge in [0.2, 0.25) is 0 Å². The second-order valence-electron chi connectivity index (χ2n) is 5.86. The molecule has 1 N–H and O–H groups in total. The Hall–Kier alpha value is -1.09. The molecule has 1 aromatic carbocycles. The molecule has 2 aliphatic heterocycles. The molecule has 2 heterocycles. The minimum absolute atomic E-state index is 0.109. The Bertz CT molecular complexity index is 427. The lowest BCUT2D eigenvalue weighted by Crippen LogP contribution is -2.30. The molecule has 0 radical (unpaired) electrons. The summed E-state index contributed by atoms with van der Waals surface area (Å²) in [6.45, 7) is 4.51. The van der Waals surface area contributed by atoms with Gasteiger partial charge in [-0.25, -0.2) is 4.39 Å². The highest BCUT2D eigenvalue weighted by atomic mass is 19.1. The van der Waals surface area contributed by atoms with Crippen LogP contribution in [0.5, 0.6) is 0 Å². The number of rotatable bonds is 4. The van der Waals surface area contributed by atoms with Crippen LogP contribution in [0.1, 0.15) is 31.2 Å². The first-order valence-electron chi connectivity index (χ1n) is 7.57. The molecule has 0 amide bonds. The Balaban J connectivity index is 1.50. The number of piperidine rings is 1. The van der Waals surface area contributed by atoms with E-state index in [1.807, 2.05) is 6.07 Å². The fourth-order valence-corrected chi connectivity index (χ4v) is 3.39. The van der Waals surface area contributed by atoms with Gasteiger partial charge in [0, 0.05) is 18.8 Å². The summed E-state index contributed by atoms with van der Waals surface area (Å²) in [5.74, 6) is 0.741. The molecule has 1 aromatic rings. The number of hydrogen-bond acceptors (Lipinski definition) is 2. The zero-order chi connectivity index (χ0) is 13.1. The van der Waals surface area contributed by atoms with Gasteiger partial charge in [-0.15, -0.1) is 0 Å². The lowest BCUT2D eigenvalue weighted by atomic mass is 9.94. The first kappa shape index (κ1) is 12.9. The van der Waals surface area contributed by atoms with Crippen LogP contribution in [0.3, 0.4) is 0 Å². The van der Waals surface area contributed by atoms with Crippen LogP contribution in [-0.4, -0.2) is 26.2 Å². The van der Waals surface area contributed by atoms with E-state index in [9.17, 15) is 4.39 Å². The van der Waals surface area contributed by atoms with Crippen molar-refractivity contribution in [3.63, 3.8) is 0 Å². The molecule has 1 unspecified atom stereocenters. The third-order valence-corrected chi connectivity index (χ3v) is 4.48. The smallest absolute Gasteiger partial charge is 0.125 e. The zero-order valence-corrected chi connectivity index (χ0v) is 11.5. The zero-order valence-electron chi connectivity index (χ0n) is 11.5. The van der Waals surface area contributed by atoms with Gasteiger partial charge in [0.05, 0.1) is 0 Å². The summed E-state index contributed by atoms with van der Waals surface area (Å²) < 4.78 is 13.3. The quantitative estimate of drug-likeness (QED) is 0.897. The molecule has 2 aliphatic rings. The number of benzene rings is 1. The van der Waals surface area contributed by atoms with Crippen molar-refractivity contribution in [1.82, 2.24) is 5.32 Å². The summed E-state index contributed by atoms with van der Waals surface area (Å²) in [6.07, 6.45) is 6.29. The molecule has 0 spiro atoms. The molecule has 2 nitrogen and oxygen atoms in total. The summed E-state index contributed by atoms with van der Waals surface area (Å²) in [7, 11) is 0. The fourth-order valence-electron chi connectivity index (χ4n) is 3.39. The average molecular weight is 262 g/mol. The van der Waals surface area contributed by atoms with E-state index in [0.717, 1.165) is 31.1 Å². The van der Waals surface area contributed by atoms with Crippen molar-refractivity contribution in [2.75, 3.05) is 31.1 Å². The lowest BCUT2D eigenvalue weighted by molar-refractivity contribution is 0.351. The molecule has 3 heteroatoms. The average Bonchev–Trinajstić information content (AvgIpc) is 2.83. The fraction of sp³-hybridized carbons (Fsp3) is 0.625. The molecule has 0 saturated carbocycles. The van der Waals surface area contributed by atoms with Crippen LogP contribution >= 0.6 is 0 Å². The topological polar surface area (TPSA) is 15.3 Å². The first-order valence-corrected chi connectivity index (χ1v) is 7.57. The standard InChI is InChI=1S/C16H23FN2/c17-15-6-5-14-7-10-19(16(14)11-15)9-2-4-13-3-1-8-18-12-13/h5-6,11,13,18H,1-4,7-10,12H2. The number of fused-ring (bicyclic) bond motifs is 1. The van der Waals surface area contributed by atoms with Gasteiger partial charge in [-0.2, -0.15) is 0 Å². The predicted molar refractivity (Wildman–Crippen MR) is 77.1 cm³/mol. The molecular weight excluding hydrogens is 239 g/mol. The molecule has 3 rings (SSSR count). The van der Waals surface area contributed by atoms with E-state index < -0.39 is 0 Å². The monoisotopic (exact) mass is 262 g/mol. The van der Waals surface area contributed by atoms with E-state index >= 15 is 0 Å².